The molecule has 2 unspecified atom stereocenters. The van der Waals surface area contributed by atoms with Gasteiger partial charge >= 0.3 is 11.9 Å². The number of benzene rings is 2. The highest BCUT2D eigenvalue weighted by Crippen LogP contribution is 2.34. The number of carbonyl (C=O) groups is 2. The van der Waals surface area contributed by atoms with E-state index in [0.717, 1.165) is 11.1 Å². The molecule has 2 rings (SSSR count). The standard InChI is InChI=1S/C30H32N2O5S4/c1-29(21-31,40-27(38)23-9-5-3-6-10-23)15-13-25(33)36-19-17-35-18-20-37-26(34)14-16-30(2,22-32)41-28(39)24-11-7-4-8-12-24/h3-12H,13-20H2,1-2H3. The number of rotatable bonds is 16. The van der Waals surface area contributed by atoms with Crippen LogP contribution < -0.4 is 0 Å². The van der Waals surface area contributed by atoms with Gasteiger partial charge in [-0.2, -0.15) is 10.5 Å². The highest BCUT2D eigenvalue weighted by molar-refractivity contribution is 8.25. The van der Waals surface area contributed by atoms with Crippen LogP contribution in [0, 0.1) is 22.7 Å². The van der Waals surface area contributed by atoms with E-state index in [0.29, 0.717) is 8.39 Å². The lowest BCUT2D eigenvalue weighted by molar-refractivity contribution is -0.146. The zero-order valence-electron chi connectivity index (χ0n) is 23.0. The van der Waals surface area contributed by atoms with E-state index in [1.54, 1.807) is 13.8 Å². The Morgan fingerprint density at radius 1 is 0.707 bits per heavy atom. The van der Waals surface area contributed by atoms with E-state index >= 15 is 0 Å². The number of carbonyl (C=O) groups excluding carboxylic acids is 2. The zero-order chi connectivity index (χ0) is 30.1. The van der Waals surface area contributed by atoms with Gasteiger partial charge in [0.2, 0.25) is 0 Å². The second kappa shape index (κ2) is 17.9. The van der Waals surface area contributed by atoms with Crippen LogP contribution in [0.5, 0.6) is 0 Å². The molecule has 216 valence electrons. The van der Waals surface area contributed by atoms with E-state index in [4.69, 9.17) is 38.6 Å². The highest BCUT2D eigenvalue weighted by Gasteiger charge is 2.29. The molecule has 0 N–H and O–H groups in total. The van der Waals surface area contributed by atoms with Crippen LogP contribution in [-0.4, -0.2) is 56.3 Å². The number of thiocarbonyl (C=S) groups is 2. The fraction of sp³-hybridized carbons (Fsp3) is 0.400. The first-order valence-electron chi connectivity index (χ1n) is 12.9. The molecule has 41 heavy (non-hydrogen) atoms. The van der Waals surface area contributed by atoms with Crippen molar-refractivity contribution in [3.05, 3.63) is 71.8 Å². The molecular formula is C30H32N2O5S4. The van der Waals surface area contributed by atoms with Crippen molar-refractivity contribution in [2.24, 2.45) is 0 Å². The minimum absolute atomic E-state index is 0.0463. The number of hydrogen-bond donors (Lipinski definition) is 0. The van der Waals surface area contributed by atoms with E-state index in [1.807, 2.05) is 60.7 Å². The van der Waals surface area contributed by atoms with Crippen molar-refractivity contribution in [1.82, 2.24) is 0 Å². The van der Waals surface area contributed by atoms with Gasteiger partial charge in [0.05, 0.1) is 33.7 Å². The fourth-order valence-electron chi connectivity index (χ4n) is 3.29. The third-order valence-electron chi connectivity index (χ3n) is 5.72. The largest absolute Gasteiger partial charge is 0.463 e. The molecule has 0 saturated carbocycles. The minimum Gasteiger partial charge on any atom is -0.463 e. The van der Waals surface area contributed by atoms with Crippen molar-refractivity contribution in [1.29, 1.82) is 10.5 Å². The lowest BCUT2D eigenvalue weighted by atomic mass is 10.1. The first-order valence-corrected chi connectivity index (χ1v) is 15.3. The van der Waals surface area contributed by atoms with Crippen LogP contribution in [0.15, 0.2) is 60.7 Å². The lowest BCUT2D eigenvalue weighted by Gasteiger charge is -2.21. The Hall–Kier alpha value is -2.80. The van der Waals surface area contributed by atoms with Gasteiger partial charge in [-0.3, -0.25) is 9.59 Å². The van der Waals surface area contributed by atoms with Crippen molar-refractivity contribution >= 4 is 68.3 Å². The van der Waals surface area contributed by atoms with Crippen molar-refractivity contribution in [2.75, 3.05) is 26.4 Å². The zero-order valence-corrected chi connectivity index (χ0v) is 26.3. The van der Waals surface area contributed by atoms with Gasteiger partial charge in [-0.15, -0.1) is 0 Å². The maximum absolute atomic E-state index is 12.1. The number of ether oxygens (including phenoxy) is 3. The van der Waals surface area contributed by atoms with Gasteiger partial charge in [0.15, 0.2) is 0 Å². The molecule has 11 heteroatoms. The van der Waals surface area contributed by atoms with Crippen LogP contribution in [0.4, 0.5) is 0 Å². The smallest absolute Gasteiger partial charge is 0.305 e. The third-order valence-corrected chi connectivity index (χ3v) is 9.03. The summed E-state index contributed by atoms with van der Waals surface area (Å²) < 4.78 is 15.2. The quantitative estimate of drug-likeness (QED) is 0.116. The molecule has 0 heterocycles. The Morgan fingerprint density at radius 3 is 1.41 bits per heavy atom. The van der Waals surface area contributed by atoms with Gasteiger partial charge in [-0.25, -0.2) is 0 Å². The molecule has 0 amide bonds. The van der Waals surface area contributed by atoms with Gasteiger partial charge in [-0.1, -0.05) is 109 Å². The summed E-state index contributed by atoms with van der Waals surface area (Å²) >= 11 is 13.4. The normalized spacial score (nSPS) is 13.5. The first kappa shape index (κ1) is 34.4. The number of hydrogen-bond acceptors (Lipinski definition) is 11. The predicted octanol–water partition coefficient (Wildman–Crippen LogP) is 6.43. The van der Waals surface area contributed by atoms with Crippen LogP contribution in [-0.2, 0) is 23.8 Å². The van der Waals surface area contributed by atoms with E-state index in [1.165, 1.54) is 23.5 Å². The summed E-state index contributed by atoms with van der Waals surface area (Å²) in [5, 5.41) is 19.3. The Labute approximate surface area is 260 Å². The minimum atomic E-state index is -0.858. The van der Waals surface area contributed by atoms with Crippen LogP contribution in [0.2, 0.25) is 0 Å². The molecule has 0 aliphatic heterocycles. The van der Waals surface area contributed by atoms with E-state index in [-0.39, 0.29) is 52.1 Å². The van der Waals surface area contributed by atoms with Crippen LogP contribution in [0.3, 0.4) is 0 Å². The predicted molar refractivity (Wildman–Crippen MR) is 171 cm³/mol. The summed E-state index contributed by atoms with van der Waals surface area (Å²) in [5.74, 6) is -0.865. The lowest BCUT2D eigenvalue weighted by Crippen LogP contribution is -2.23. The van der Waals surface area contributed by atoms with Gasteiger partial charge in [0.1, 0.15) is 22.7 Å². The van der Waals surface area contributed by atoms with Crippen molar-refractivity contribution in [2.45, 2.75) is 49.0 Å². The number of esters is 2. The second-order valence-electron chi connectivity index (χ2n) is 9.25. The maximum atomic E-state index is 12.1. The van der Waals surface area contributed by atoms with Gasteiger partial charge < -0.3 is 14.2 Å². The van der Waals surface area contributed by atoms with Crippen LogP contribution in [0.1, 0.15) is 50.7 Å². The molecule has 0 aliphatic carbocycles. The van der Waals surface area contributed by atoms with E-state index < -0.39 is 21.4 Å². The van der Waals surface area contributed by atoms with Crippen molar-refractivity contribution in [3.8, 4) is 12.1 Å². The van der Waals surface area contributed by atoms with E-state index in [2.05, 4.69) is 12.1 Å². The SMILES string of the molecule is CC(C#N)(CCC(=O)OCCOCCOC(=O)CCC(C)(C#N)SC(=S)c1ccccc1)SC(=S)c1ccccc1. The van der Waals surface area contributed by atoms with Gasteiger partial charge in [0.25, 0.3) is 0 Å². The first-order chi connectivity index (χ1) is 19.6. The summed E-state index contributed by atoms with van der Waals surface area (Å²) in [6.07, 6.45) is 0.723. The molecule has 0 bridgehead atoms. The molecule has 0 aromatic heterocycles. The Morgan fingerprint density at radius 2 is 1.07 bits per heavy atom. The molecule has 0 aliphatic rings. The molecule has 0 spiro atoms. The summed E-state index contributed by atoms with van der Waals surface area (Å²) in [6, 6.07) is 23.3. The number of thioether (sulfide) groups is 2. The third kappa shape index (κ3) is 13.2. The second-order valence-corrected chi connectivity index (χ2v) is 13.6. The molecule has 0 radical (unpaired) electrons. The molecule has 2 atom stereocenters. The summed E-state index contributed by atoms with van der Waals surface area (Å²) in [6.45, 7) is 3.89. The summed E-state index contributed by atoms with van der Waals surface area (Å²) in [7, 11) is 0. The summed E-state index contributed by atoms with van der Waals surface area (Å²) in [5.41, 5.74) is 1.73. The monoisotopic (exact) mass is 628 g/mol. The van der Waals surface area contributed by atoms with Gasteiger partial charge in [-0.05, 0) is 37.8 Å². The topological polar surface area (TPSA) is 109 Å². The van der Waals surface area contributed by atoms with Gasteiger partial charge in [0, 0.05) is 12.8 Å². The highest BCUT2D eigenvalue weighted by atomic mass is 32.2. The number of nitriles is 2. The Bertz CT molecular complexity index is 1170. The molecule has 2 aromatic rings. The molecular weight excluding hydrogens is 597 g/mol. The van der Waals surface area contributed by atoms with Crippen LogP contribution >= 0.6 is 48.0 Å². The van der Waals surface area contributed by atoms with Crippen molar-refractivity contribution < 1.29 is 23.8 Å². The average Bonchev–Trinajstić information content (AvgIpc) is 2.99. The number of nitrogens with zero attached hydrogens (tertiary/aromatic N) is 2. The molecule has 0 saturated heterocycles. The van der Waals surface area contributed by atoms with Crippen molar-refractivity contribution in [3.63, 3.8) is 0 Å². The summed E-state index contributed by atoms with van der Waals surface area (Å²) in [4.78, 5) is 24.3. The maximum Gasteiger partial charge on any atom is 0.305 e. The Balaban J connectivity index is 1.57. The Kier molecular flexibility index (Phi) is 15.0. The van der Waals surface area contributed by atoms with E-state index in [9.17, 15) is 20.1 Å². The average molecular weight is 629 g/mol. The molecule has 2 aromatic carbocycles. The molecule has 0 fully saturated rings. The molecule has 7 nitrogen and oxygen atoms in total. The fourth-order valence-corrected chi connectivity index (χ4v) is 6.49. The van der Waals surface area contributed by atoms with Crippen LogP contribution in [0.25, 0.3) is 0 Å².